The van der Waals surface area contributed by atoms with Gasteiger partial charge in [0.1, 0.15) is 0 Å². The fourth-order valence-electron chi connectivity index (χ4n) is 2.27. The molecule has 0 aliphatic heterocycles. The Hall–Kier alpha value is -1.23. The third-order valence-electron chi connectivity index (χ3n) is 2.99. The first-order chi connectivity index (χ1) is 11.5. The van der Waals surface area contributed by atoms with Crippen molar-refractivity contribution in [3.63, 3.8) is 0 Å². The molecule has 0 spiro atoms. The standard InChI is InChI=1S/C18H21Cl3O4/c1-11(9-18(2,3)4)10-24-15(22)5-6-16(23)25-17-13(20)7-12(19)8-14(17)21/h5-8,11H,9-10H2,1-4H3/b6-5+. The van der Waals surface area contributed by atoms with Gasteiger partial charge in [0.2, 0.25) is 0 Å². The molecule has 7 heteroatoms. The minimum Gasteiger partial charge on any atom is -0.462 e. The summed E-state index contributed by atoms with van der Waals surface area (Å²) in [6, 6.07) is 2.79. The summed E-state index contributed by atoms with van der Waals surface area (Å²) in [6.45, 7) is 8.64. The Bertz CT molecular complexity index is 640. The maximum absolute atomic E-state index is 11.8. The van der Waals surface area contributed by atoms with Crippen LogP contribution in [0.4, 0.5) is 0 Å². The zero-order valence-electron chi connectivity index (χ0n) is 14.6. The zero-order chi connectivity index (χ0) is 19.2. The molecule has 1 rings (SSSR count). The molecule has 0 N–H and O–H groups in total. The molecule has 4 nitrogen and oxygen atoms in total. The Labute approximate surface area is 163 Å². The van der Waals surface area contributed by atoms with Crippen molar-refractivity contribution in [2.24, 2.45) is 11.3 Å². The molecule has 25 heavy (non-hydrogen) atoms. The van der Waals surface area contributed by atoms with Crippen LogP contribution in [0.2, 0.25) is 15.1 Å². The Morgan fingerprint density at radius 2 is 1.60 bits per heavy atom. The first-order valence-corrected chi connectivity index (χ1v) is 8.82. The summed E-state index contributed by atoms with van der Waals surface area (Å²) in [5.74, 6) is -1.22. The van der Waals surface area contributed by atoms with Crippen LogP contribution in [-0.4, -0.2) is 18.5 Å². The highest BCUT2D eigenvalue weighted by molar-refractivity contribution is 6.40. The second-order valence-corrected chi connectivity index (χ2v) is 8.20. The van der Waals surface area contributed by atoms with Crippen molar-refractivity contribution in [3.8, 4) is 5.75 Å². The maximum Gasteiger partial charge on any atom is 0.336 e. The molecule has 0 aromatic heterocycles. The summed E-state index contributed by atoms with van der Waals surface area (Å²) < 4.78 is 10.1. The van der Waals surface area contributed by atoms with Crippen molar-refractivity contribution in [2.75, 3.05) is 6.61 Å². The molecule has 0 amide bonds. The van der Waals surface area contributed by atoms with Crippen LogP contribution in [0, 0.1) is 11.3 Å². The van der Waals surface area contributed by atoms with Gasteiger partial charge in [0.05, 0.1) is 16.7 Å². The summed E-state index contributed by atoms with van der Waals surface area (Å²) in [5.41, 5.74) is 0.155. The van der Waals surface area contributed by atoms with Gasteiger partial charge in [-0.25, -0.2) is 9.59 Å². The first-order valence-electron chi connectivity index (χ1n) is 7.69. The van der Waals surface area contributed by atoms with E-state index in [0.29, 0.717) is 5.02 Å². The Kier molecular flexibility index (Phi) is 8.26. The second kappa shape index (κ2) is 9.46. The predicted octanol–water partition coefficient (Wildman–Crippen LogP) is 5.72. The van der Waals surface area contributed by atoms with E-state index in [-0.39, 0.29) is 33.7 Å². The summed E-state index contributed by atoms with van der Waals surface area (Å²) in [5, 5.41) is 0.508. The van der Waals surface area contributed by atoms with E-state index in [4.69, 9.17) is 44.3 Å². The highest BCUT2D eigenvalue weighted by Crippen LogP contribution is 2.35. The van der Waals surface area contributed by atoms with Gasteiger partial charge < -0.3 is 9.47 Å². The number of carbonyl (C=O) groups is 2. The Morgan fingerprint density at radius 1 is 1.08 bits per heavy atom. The topological polar surface area (TPSA) is 52.6 Å². The SMILES string of the molecule is CC(COC(=O)/C=C/C(=O)Oc1c(Cl)cc(Cl)cc1Cl)CC(C)(C)C. The molecular formula is C18H21Cl3O4. The molecule has 1 unspecified atom stereocenters. The number of esters is 2. The van der Waals surface area contributed by atoms with E-state index < -0.39 is 11.9 Å². The van der Waals surface area contributed by atoms with Crippen LogP contribution < -0.4 is 4.74 Å². The lowest BCUT2D eigenvalue weighted by Gasteiger charge is -2.22. The van der Waals surface area contributed by atoms with Crippen LogP contribution in [0.15, 0.2) is 24.3 Å². The third kappa shape index (κ3) is 8.61. The number of halogens is 3. The molecule has 1 aromatic carbocycles. The molecule has 0 heterocycles. The van der Waals surface area contributed by atoms with Crippen LogP contribution in [0.25, 0.3) is 0 Å². The van der Waals surface area contributed by atoms with Gasteiger partial charge >= 0.3 is 11.9 Å². The minimum atomic E-state index is -0.800. The van der Waals surface area contributed by atoms with Crippen LogP contribution in [-0.2, 0) is 14.3 Å². The Morgan fingerprint density at radius 3 is 2.12 bits per heavy atom. The van der Waals surface area contributed by atoms with Crippen LogP contribution >= 0.6 is 34.8 Å². The fraction of sp³-hybridized carbons (Fsp3) is 0.444. The van der Waals surface area contributed by atoms with Gasteiger partial charge in [-0.3, -0.25) is 0 Å². The van der Waals surface area contributed by atoms with E-state index in [1.165, 1.54) is 12.1 Å². The molecular weight excluding hydrogens is 387 g/mol. The number of hydrogen-bond donors (Lipinski definition) is 0. The monoisotopic (exact) mass is 406 g/mol. The summed E-state index contributed by atoms with van der Waals surface area (Å²) >= 11 is 17.6. The number of carbonyl (C=O) groups excluding carboxylic acids is 2. The van der Waals surface area contributed by atoms with Crippen molar-refractivity contribution in [3.05, 3.63) is 39.4 Å². The van der Waals surface area contributed by atoms with Gasteiger partial charge in [-0.05, 0) is 29.9 Å². The van der Waals surface area contributed by atoms with Crippen molar-refractivity contribution in [2.45, 2.75) is 34.1 Å². The quantitative estimate of drug-likeness (QED) is 0.343. The average Bonchev–Trinajstić information content (AvgIpc) is 2.45. The van der Waals surface area contributed by atoms with Gasteiger partial charge in [0.25, 0.3) is 0 Å². The zero-order valence-corrected chi connectivity index (χ0v) is 16.8. The molecule has 1 aromatic rings. The first kappa shape index (κ1) is 21.8. The van der Waals surface area contributed by atoms with Crippen molar-refractivity contribution >= 4 is 46.7 Å². The smallest absolute Gasteiger partial charge is 0.336 e. The van der Waals surface area contributed by atoms with Gasteiger partial charge in [0.15, 0.2) is 5.75 Å². The van der Waals surface area contributed by atoms with Gasteiger partial charge in [-0.2, -0.15) is 0 Å². The highest BCUT2D eigenvalue weighted by Gasteiger charge is 2.16. The molecule has 0 saturated carbocycles. The highest BCUT2D eigenvalue weighted by atomic mass is 35.5. The lowest BCUT2D eigenvalue weighted by Crippen LogP contribution is -2.17. The number of benzene rings is 1. The minimum absolute atomic E-state index is 0.0189. The van der Waals surface area contributed by atoms with E-state index in [1.54, 1.807) is 0 Å². The van der Waals surface area contributed by atoms with E-state index in [9.17, 15) is 9.59 Å². The van der Waals surface area contributed by atoms with Crippen molar-refractivity contribution < 1.29 is 19.1 Å². The van der Waals surface area contributed by atoms with Crippen molar-refractivity contribution in [1.29, 1.82) is 0 Å². The van der Waals surface area contributed by atoms with Gasteiger partial charge in [0, 0.05) is 17.2 Å². The van der Waals surface area contributed by atoms with Crippen molar-refractivity contribution in [1.82, 2.24) is 0 Å². The summed E-state index contributed by atoms with van der Waals surface area (Å²) in [4.78, 5) is 23.4. The number of rotatable bonds is 6. The maximum atomic E-state index is 11.8. The fourth-order valence-corrected chi connectivity index (χ4v) is 3.17. The predicted molar refractivity (Wildman–Crippen MR) is 100 cm³/mol. The van der Waals surface area contributed by atoms with Gasteiger partial charge in [-0.1, -0.05) is 62.5 Å². The molecule has 0 aliphatic carbocycles. The van der Waals surface area contributed by atoms with E-state index in [0.717, 1.165) is 18.6 Å². The molecule has 0 saturated heterocycles. The summed E-state index contributed by atoms with van der Waals surface area (Å²) in [7, 11) is 0. The largest absolute Gasteiger partial charge is 0.462 e. The normalized spacial score (nSPS) is 12.9. The van der Waals surface area contributed by atoms with Crippen LogP contribution in [0.1, 0.15) is 34.1 Å². The molecule has 0 bridgehead atoms. The van der Waals surface area contributed by atoms with Gasteiger partial charge in [-0.15, -0.1) is 0 Å². The lowest BCUT2D eigenvalue weighted by molar-refractivity contribution is -0.139. The van der Waals surface area contributed by atoms with Crippen LogP contribution in [0.3, 0.4) is 0 Å². The van der Waals surface area contributed by atoms with Crippen LogP contribution in [0.5, 0.6) is 5.75 Å². The molecule has 0 aliphatic rings. The Balaban J connectivity index is 2.53. The van der Waals surface area contributed by atoms with E-state index in [1.807, 2.05) is 6.92 Å². The van der Waals surface area contributed by atoms with E-state index in [2.05, 4.69) is 20.8 Å². The van der Waals surface area contributed by atoms with E-state index >= 15 is 0 Å². The molecule has 1 atom stereocenters. The second-order valence-electron chi connectivity index (χ2n) is 6.95. The summed E-state index contributed by atoms with van der Waals surface area (Å²) in [6.07, 6.45) is 2.88. The third-order valence-corrected chi connectivity index (χ3v) is 3.77. The average molecular weight is 408 g/mol. The number of hydrogen-bond acceptors (Lipinski definition) is 4. The lowest BCUT2D eigenvalue weighted by atomic mass is 9.86. The molecule has 0 radical (unpaired) electrons. The molecule has 0 fully saturated rings. The number of ether oxygens (including phenoxy) is 2. The molecule has 138 valence electrons.